The van der Waals surface area contributed by atoms with E-state index in [2.05, 4.69) is 15.0 Å². The van der Waals surface area contributed by atoms with Crippen molar-refractivity contribution >= 4 is 21.7 Å². The summed E-state index contributed by atoms with van der Waals surface area (Å²) in [6, 6.07) is 5.30. The Hall–Kier alpha value is -1.47. The molecule has 0 radical (unpaired) electrons. The number of amides is 1. The van der Waals surface area contributed by atoms with Crippen LogP contribution in [-0.2, 0) is 14.8 Å². The maximum atomic E-state index is 12.2. The maximum Gasteiger partial charge on any atom is 0.228 e. The first-order valence-electron chi connectivity index (χ1n) is 7.61. The molecule has 1 aliphatic rings. The first kappa shape index (κ1) is 16.9. The van der Waals surface area contributed by atoms with Crippen LogP contribution in [-0.4, -0.2) is 30.6 Å². The normalized spacial score (nSPS) is 22.5. The van der Waals surface area contributed by atoms with Gasteiger partial charge in [-0.05, 0) is 51.7 Å². The van der Waals surface area contributed by atoms with E-state index in [-0.39, 0.29) is 17.9 Å². The predicted octanol–water partition coefficient (Wildman–Crippen LogP) is 1.91. The summed E-state index contributed by atoms with van der Waals surface area (Å²) < 4.78 is 26.4. The number of hydrogen-bond acceptors (Lipinski definition) is 4. The molecule has 0 unspecified atom stereocenters. The van der Waals surface area contributed by atoms with Crippen LogP contribution in [0, 0.1) is 5.92 Å². The molecule has 122 valence electrons. The number of aromatic nitrogens is 1. The largest absolute Gasteiger partial charge is 0.310 e. The SMILES string of the molecule is CC(C)S(=O)(=O)NC1CCC(C(=O)Nc2ccccn2)CC1. The summed E-state index contributed by atoms with van der Waals surface area (Å²) in [5, 5.41) is 2.37. The lowest BCUT2D eigenvalue weighted by Crippen LogP contribution is -2.42. The number of carbonyl (C=O) groups excluding carboxylic acids is 1. The second kappa shape index (κ2) is 7.19. The zero-order valence-electron chi connectivity index (χ0n) is 13.0. The van der Waals surface area contributed by atoms with Crippen LogP contribution < -0.4 is 10.0 Å². The Balaban J connectivity index is 1.83. The second-order valence-corrected chi connectivity index (χ2v) is 8.23. The van der Waals surface area contributed by atoms with Gasteiger partial charge in [-0.2, -0.15) is 0 Å². The predicted molar refractivity (Wildman–Crippen MR) is 85.8 cm³/mol. The van der Waals surface area contributed by atoms with Gasteiger partial charge in [-0.25, -0.2) is 18.1 Å². The third-order valence-corrected chi connectivity index (χ3v) is 5.87. The number of rotatable bonds is 5. The third-order valence-electron chi connectivity index (χ3n) is 3.97. The Labute approximate surface area is 131 Å². The van der Waals surface area contributed by atoms with Crippen molar-refractivity contribution in [2.24, 2.45) is 5.92 Å². The summed E-state index contributed by atoms with van der Waals surface area (Å²) in [7, 11) is -3.24. The molecule has 0 bridgehead atoms. The van der Waals surface area contributed by atoms with Gasteiger partial charge in [-0.15, -0.1) is 0 Å². The van der Waals surface area contributed by atoms with Crippen molar-refractivity contribution in [2.45, 2.75) is 50.8 Å². The molecule has 6 nitrogen and oxygen atoms in total. The van der Waals surface area contributed by atoms with E-state index in [1.165, 1.54) is 0 Å². The van der Waals surface area contributed by atoms with Gasteiger partial charge in [-0.3, -0.25) is 4.79 Å². The Morgan fingerprint density at radius 2 is 1.91 bits per heavy atom. The molecule has 0 saturated heterocycles. The molecule has 1 heterocycles. The van der Waals surface area contributed by atoms with Gasteiger partial charge in [0.1, 0.15) is 5.82 Å². The molecule has 22 heavy (non-hydrogen) atoms. The molecule has 1 aliphatic carbocycles. The van der Waals surface area contributed by atoms with Crippen LogP contribution in [0.1, 0.15) is 39.5 Å². The van der Waals surface area contributed by atoms with Crippen LogP contribution >= 0.6 is 0 Å². The smallest absolute Gasteiger partial charge is 0.228 e. The third kappa shape index (κ3) is 4.51. The van der Waals surface area contributed by atoms with Crippen LogP contribution in [0.2, 0.25) is 0 Å². The highest BCUT2D eigenvalue weighted by Gasteiger charge is 2.29. The highest BCUT2D eigenvalue weighted by Crippen LogP contribution is 2.26. The van der Waals surface area contributed by atoms with Crippen molar-refractivity contribution < 1.29 is 13.2 Å². The van der Waals surface area contributed by atoms with Gasteiger partial charge >= 0.3 is 0 Å². The van der Waals surface area contributed by atoms with Crippen LogP contribution in [0.15, 0.2) is 24.4 Å². The van der Waals surface area contributed by atoms with Gasteiger partial charge in [0, 0.05) is 18.2 Å². The van der Waals surface area contributed by atoms with E-state index in [0.717, 1.165) is 0 Å². The molecular weight excluding hydrogens is 302 g/mol. The van der Waals surface area contributed by atoms with Crippen molar-refractivity contribution in [3.8, 4) is 0 Å². The molecule has 0 aliphatic heterocycles. The highest BCUT2D eigenvalue weighted by atomic mass is 32.2. The Kier molecular flexibility index (Phi) is 5.52. The van der Waals surface area contributed by atoms with E-state index < -0.39 is 15.3 Å². The molecule has 0 aromatic carbocycles. The molecule has 1 aromatic heterocycles. The second-order valence-electron chi connectivity index (χ2n) is 5.96. The van der Waals surface area contributed by atoms with E-state index in [0.29, 0.717) is 31.5 Å². The first-order valence-corrected chi connectivity index (χ1v) is 9.16. The summed E-state index contributed by atoms with van der Waals surface area (Å²) in [6.07, 6.45) is 4.37. The number of hydrogen-bond donors (Lipinski definition) is 2. The average Bonchev–Trinajstić information content (AvgIpc) is 2.48. The Morgan fingerprint density at radius 3 is 2.45 bits per heavy atom. The van der Waals surface area contributed by atoms with Crippen LogP contribution in [0.5, 0.6) is 0 Å². The van der Waals surface area contributed by atoms with Crippen LogP contribution in [0.3, 0.4) is 0 Å². The molecule has 2 rings (SSSR count). The number of nitrogens with zero attached hydrogens (tertiary/aromatic N) is 1. The molecule has 1 saturated carbocycles. The summed E-state index contributed by atoms with van der Waals surface area (Å²) in [5.41, 5.74) is 0. The van der Waals surface area contributed by atoms with Crippen molar-refractivity contribution in [1.82, 2.24) is 9.71 Å². The zero-order valence-corrected chi connectivity index (χ0v) is 13.8. The quantitative estimate of drug-likeness (QED) is 0.865. The lowest BCUT2D eigenvalue weighted by molar-refractivity contribution is -0.120. The molecule has 0 spiro atoms. The molecular formula is C15H23N3O3S. The van der Waals surface area contributed by atoms with Gasteiger partial charge < -0.3 is 5.32 Å². The summed E-state index contributed by atoms with van der Waals surface area (Å²) in [6.45, 7) is 3.32. The van der Waals surface area contributed by atoms with Gasteiger partial charge in [0.05, 0.1) is 5.25 Å². The fraction of sp³-hybridized carbons (Fsp3) is 0.600. The number of nitrogens with one attached hydrogen (secondary N) is 2. The first-order chi connectivity index (χ1) is 10.4. The minimum Gasteiger partial charge on any atom is -0.310 e. The molecule has 1 aromatic rings. The molecule has 1 amide bonds. The van der Waals surface area contributed by atoms with E-state index in [4.69, 9.17) is 0 Å². The fourth-order valence-electron chi connectivity index (χ4n) is 2.51. The fourth-order valence-corrected chi connectivity index (χ4v) is 3.48. The van der Waals surface area contributed by atoms with E-state index in [9.17, 15) is 13.2 Å². The van der Waals surface area contributed by atoms with Gasteiger partial charge in [0.15, 0.2) is 0 Å². The Morgan fingerprint density at radius 1 is 1.23 bits per heavy atom. The monoisotopic (exact) mass is 325 g/mol. The minimum atomic E-state index is -3.24. The van der Waals surface area contributed by atoms with Crippen molar-refractivity contribution in [3.05, 3.63) is 24.4 Å². The summed E-state index contributed by atoms with van der Waals surface area (Å²) >= 11 is 0. The Bertz CT molecular complexity index is 594. The molecule has 1 fully saturated rings. The van der Waals surface area contributed by atoms with Gasteiger partial charge in [0.2, 0.25) is 15.9 Å². The summed E-state index contributed by atoms with van der Waals surface area (Å²) in [5.74, 6) is 0.431. The van der Waals surface area contributed by atoms with Crippen LogP contribution in [0.4, 0.5) is 5.82 Å². The number of carbonyl (C=O) groups is 1. The number of pyridine rings is 1. The lowest BCUT2D eigenvalue weighted by atomic mass is 9.86. The summed E-state index contributed by atoms with van der Waals surface area (Å²) in [4.78, 5) is 16.3. The standard InChI is InChI=1S/C15H23N3O3S/c1-11(2)22(20,21)18-13-8-6-12(7-9-13)15(19)17-14-5-3-4-10-16-14/h3-5,10-13,18H,6-9H2,1-2H3,(H,16,17,19). The van der Waals surface area contributed by atoms with E-state index in [1.54, 1.807) is 32.2 Å². The topological polar surface area (TPSA) is 88.2 Å². The van der Waals surface area contributed by atoms with Crippen molar-refractivity contribution in [1.29, 1.82) is 0 Å². The average molecular weight is 325 g/mol. The van der Waals surface area contributed by atoms with E-state index >= 15 is 0 Å². The highest BCUT2D eigenvalue weighted by molar-refractivity contribution is 7.90. The maximum absolute atomic E-state index is 12.2. The molecule has 2 N–H and O–H groups in total. The van der Waals surface area contributed by atoms with Gasteiger partial charge in [-0.1, -0.05) is 6.07 Å². The number of anilines is 1. The lowest BCUT2D eigenvalue weighted by Gasteiger charge is -2.28. The minimum absolute atomic E-state index is 0.0381. The van der Waals surface area contributed by atoms with Gasteiger partial charge in [0.25, 0.3) is 0 Å². The molecule has 0 atom stereocenters. The van der Waals surface area contributed by atoms with E-state index in [1.807, 2.05) is 6.07 Å². The number of sulfonamides is 1. The van der Waals surface area contributed by atoms with Crippen molar-refractivity contribution in [2.75, 3.05) is 5.32 Å². The van der Waals surface area contributed by atoms with Crippen molar-refractivity contribution in [3.63, 3.8) is 0 Å². The molecule has 7 heteroatoms. The zero-order chi connectivity index (χ0) is 16.2. The van der Waals surface area contributed by atoms with Crippen LogP contribution in [0.25, 0.3) is 0 Å².